The first kappa shape index (κ1) is 20.9. The fourth-order valence-corrected chi connectivity index (χ4v) is 5.09. The fourth-order valence-electron chi connectivity index (χ4n) is 5.09. The molecule has 2 aromatic heterocycles. The highest BCUT2D eigenvalue weighted by molar-refractivity contribution is 5.97. The molecule has 7 heteroatoms. The van der Waals surface area contributed by atoms with E-state index in [9.17, 15) is 4.79 Å². The van der Waals surface area contributed by atoms with E-state index in [1.54, 1.807) is 6.33 Å². The average molecular weight is 454 g/mol. The molecule has 0 saturated carbocycles. The van der Waals surface area contributed by atoms with Gasteiger partial charge in [-0.1, -0.05) is 12.1 Å². The Labute approximate surface area is 198 Å². The van der Waals surface area contributed by atoms with Crippen LogP contribution in [0.1, 0.15) is 43.9 Å². The molecule has 0 aliphatic carbocycles. The summed E-state index contributed by atoms with van der Waals surface area (Å²) >= 11 is 0. The zero-order chi connectivity index (χ0) is 23.1. The molecule has 2 aliphatic heterocycles. The van der Waals surface area contributed by atoms with Crippen molar-refractivity contribution in [3.63, 3.8) is 0 Å². The Morgan fingerprint density at radius 1 is 1.15 bits per heavy atom. The number of hydrogen-bond donors (Lipinski definition) is 2. The average Bonchev–Trinajstić information content (AvgIpc) is 3.52. The van der Waals surface area contributed by atoms with Crippen LogP contribution in [0.4, 0.5) is 0 Å². The minimum atomic E-state index is -0.0912. The van der Waals surface area contributed by atoms with E-state index in [-0.39, 0.29) is 5.91 Å². The number of rotatable bonds is 5. The Kier molecular flexibility index (Phi) is 5.26. The highest BCUT2D eigenvalue weighted by Gasteiger charge is 2.22. The van der Waals surface area contributed by atoms with Gasteiger partial charge in [0.2, 0.25) is 0 Å². The Morgan fingerprint density at radius 2 is 2.09 bits per heavy atom. The van der Waals surface area contributed by atoms with Gasteiger partial charge in [0.25, 0.3) is 5.91 Å². The number of imidazole rings is 1. The SMILES string of the molecule is Cc1ncc2c(c1CNC(=O)c1ccc3nc[nH]c3c1)CCN(Cc1ccc3c(c1)CCO3)C2. The molecule has 4 heterocycles. The van der Waals surface area contributed by atoms with Gasteiger partial charge in [-0.3, -0.25) is 14.7 Å². The van der Waals surface area contributed by atoms with Crippen LogP contribution in [0.25, 0.3) is 11.0 Å². The first-order valence-corrected chi connectivity index (χ1v) is 11.8. The first-order valence-electron chi connectivity index (χ1n) is 11.8. The van der Waals surface area contributed by atoms with Crippen LogP contribution in [0.3, 0.4) is 0 Å². The van der Waals surface area contributed by atoms with E-state index in [2.05, 4.69) is 43.4 Å². The quantitative estimate of drug-likeness (QED) is 0.482. The van der Waals surface area contributed by atoms with Crippen molar-refractivity contribution in [1.82, 2.24) is 25.2 Å². The zero-order valence-electron chi connectivity index (χ0n) is 19.2. The molecule has 1 amide bonds. The number of ether oxygens (including phenoxy) is 1. The summed E-state index contributed by atoms with van der Waals surface area (Å²) in [5.74, 6) is 0.940. The topological polar surface area (TPSA) is 83.1 Å². The molecule has 2 aromatic carbocycles. The van der Waals surface area contributed by atoms with Gasteiger partial charge in [-0.2, -0.15) is 0 Å². The minimum Gasteiger partial charge on any atom is -0.493 e. The van der Waals surface area contributed by atoms with Gasteiger partial charge < -0.3 is 15.0 Å². The molecule has 0 bridgehead atoms. The van der Waals surface area contributed by atoms with Crippen LogP contribution in [-0.2, 0) is 32.5 Å². The maximum atomic E-state index is 12.8. The van der Waals surface area contributed by atoms with Gasteiger partial charge in [-0.25, -0.2) is 4.98 Å². The summed E-state index contributed by atoms with van der Waals surface area (Å²) in [5.41, 5.74) is 9.69. The smallest absolute Gasteiger partial charge is 0.251 e. The number of pyridine rings is 1. The number of amides is 1. The fraction of sp³-hybridized carbons (Fsp3) is 0.296. The van der Waals surface area contributed by atoms with E-state index in [1.165, 1.54) is 22.3 Å². The molecule has 34 heavy (non-hydrogen) atoms. The number of aryl methyl sites for hydroxylation is 1. The number of nitrogens with one attached hydrogen (secondary N) is 2. The van der Waals surface area contributed by atoms with Crippen LogP contribution in [-0.4, -0.2) is 38.9 Å². The molecule has 2 aliphatic rings. The van der Waals surface area contributed by atoms with Crippen molar-refractivity contribution < 1.29 is 9.53 Å². The Bertz CT molecular complexity index is 1390. The van der Waals surface area contributed by atoms with Crippen LogP contribution in [0.2, 0.25) is 0 Å². The predicted molar refractivity (Wildman–Crippen MR) is 130 cm³/mol. The van der Waals surface area contributed by atoms with Gasteiger partial charge in [-0.15, -0.1) is 0 Å². The number of carbonyl (C=O) groups is 1. The maximum Gasteiger partial charge on any atom is 0.251 e. The zero-order valence-corrected chi connectivity index (χ0v) is 19.2. The van der Waals surface area contributed by atoms with Gasteiger partial charge in [0.1, 0.15) is 5.75 Å². The molecule has 172 valence electrons. The number of benzene rings is 2. The Hall–Kier alpha value is -3.71. The van der Waals surface area contributed by atoms with E-state index < -0.39 is 0 Å². The van der Waals surface area contributed by atoms with Crippen molar-refractivity contribution in [2.75, 3.05) is 13.2 Å². The maximum absolute atomic E-state index is 12.8. The molecule has 0 atom stereocenters. The van der Waals surface area contributed by atoms with Gasteiger partial charge >= 0.3 is 0 Å². The molecule has 0 saturated heterocycles. The lowest BCUT2D eigenvalue weighted by Gasteiger charge is -2.30. The van der Waals surface area contributed by atoms with Crippen molar-refractivity contribution >= 4 is 16.9 Å². The van der Waals surface area contributed by atoms with Gasteiger partial charge in [0, 0.05) is 50.1 Å². The molecule has 0 fully saturated rings. The normalized spacial score (nSPS) is 15.1. The molecule has 0 spiro atoms. The monoisotopic (exact) mass is 453 g/mol. The van der Waals surface area contributed by atoms with Crippen LogP contribution >= 0.6 is 0 Å². The lowest BCUT2D eigenvalue weighted by molar-refractivity contribution is 0.0950. The summed E-state index contributed by atoms with van der Waals surface area (Å²) < 4.78 is 5.64. The number of H-pyrrole nitrogens is 1. The lowest BCUT2D eigenvalue weighted by atomic mass is 9.94. The predicted octanol–water partition coefficient (Wildman–Crippen LogP) is 3.69. The van der Waals surface area contributed by atoms with Crippen LogP contribution in [0.5, 0.6) is 5.75 Å². The lowest BCUT2D eigenvalue weighted by Crippen LogP contribution is -2.32. The minimum absolute atomic E-state index is 0.0912. The largest absolute Gasteiger partial charge is 0.493 e. The number of hydrogen-bond acceptors (Lipinski definition) is 5. The summed E-state index contributed by atoms with van der Waals surface area (Å²) in [6.45, 7) is 6.07. The van der Waals surface area contributed by atoms with Crippen molar-refractivity contribution in [1.29, 1.82) is 0 Å². The molecular formula is C27H27N5O2. The van der Waals surface area contributed by atoms with E-state index in [1.807, 2.05) is 31.3 Å². The van der Waals surface area contributed by atoms with E-state index in [0.717, 1.165) is 67.1 Å². The van der Waals surface area contributed by atoms with Crippen molar-refractivity contribution in [3.8, 4) is 5.75 Å². The third kappa shape index (κ3) is 3.92. The molecule has 7 nitrogen and oxygen atoms in total. The van der Waals surface area contributed by atoms with Gasteiger partial charge in [0.05, 0.1) is 24.0 Å². The Morgan fingerprint density at radius 3 is 3.03 bits per heavy atom. The van der Waals surface area contributed by atoms with Crippen molar-refractivity contribution in [3.05, 3.63) is 88.0 Å². The third-order valence-electron chi connectivity index (χ3n) is 6.94. The van der Waals surface area contributed by atoms with Crippen molar-refractivity contribution in [2.45, 2.75) is 39.4 Å². The third-order valence-corrected chi connectivity index (χ3v) is 6.94. The number of carbonyl (C=O) groups excluding carboxylic acids is 1. The van der Waals surface area contributed by atoms with Gasteiger partial charge in [-0.05, 0) is 65.4 Å². The number of nitrogens with zero attached hydrogens (tertiary/aromatic N) is 3. The number of fused-ring (bicyclic) bond motifs is 3. The second-order valence-electron chi connectivity index (χ2n) is 9.14. The summed E-state index contributed by atoms with van der Waals surface area (Å²) in [6.07, 6.45) is 5.60. The Balaban J connectivity index is 1.15. The molecule has 6 rings (SSSR count). The standard InChI is InChI=1S/C27H27N5O2/c1-17-23(13-29-27(33)20-3-4-24-25(11-20)31-16-30-24)22-6-8-32(15-21(22)12-28-17)14-18-2-5-26-19(10-18)7-9-34-26/h2-5,10-12,16H,6-9,13-15H2,1H3,(H,29,33)(H,30,31). The number of aromatic amines is 1. The van der Waals surface area contributed by atoms with E-state index in [4.69, 9.17) is 4.74 Å². The van der Waals surface area contributed by atoms with Crippen LogP contribution in [0.15, 0.2) is 48.9 Å². The summed E-state index contributed by atoms with van der Waals surface area (Å²) in [5, 5.41) is 3.10. The first-order chi connectivity index (χ1) is 16.6. The molecule has 4 aromatic rings. The van der Waals surface area contributed by atoms with E-state index >= 15 is 0 Å². The van der Waals surface area contributed by atoms with Crippen LogP contribution in [0, 0.1) is 6.92 Å². The summed E-state index contributed by atoms with van der Waals surface area (Å²) in [6, 6.07) is 12.1. The molecule has 2 N–H and O–H groups in total. The second kappa shape index (κ2) is 8.57. The molecule has 0 unspecified atom stereocenters. The highest BCUT2D eigenvalue weighted by Crippen LogP contribution is 2.28. The number of aromatic nitrogens is 3. The summed E-state index contributed by atoms with van der Waals surface area (Å²) in [4.78, 5) is 27.2. The second-order valence-corrected chi connectivity index (χ2v) is 9.14. The molecular weight excluding hydrogens is 426 g/mol. The van der Waals surface area contributed by atoms with Crippen LogP contribution < -0.4 is 10.1 Å². The van der Waals surface area contributed by atoms with Gasteiger partial charge in [0.15, 0.2) is 0 Å². The summed E-state index contributed by atoms with van der Waals surface area (Å²) in [7, 11) is 0. The molecule has 0 radical (unpaired) electrons. The van der Waals surface area contributed by atoms with E-state index in [0.29, 0.717) is 12.1 Å². The highest BCUT2D eigenvalue weighted by atomic mass is 16.5. The van der Waals surface area contributed by atoms with Crippen molar-refractivity contribution in [2.24, 2.45) is 0 Å².